The summed E-state index contributed by atoms with van der Waals surface area (Å²) in [6.45, 7) is 7.58. The fourth-order valence-electron chi connectivity index (χ4n) is 1.72. The molecule has 0 saturated carbocycles. The maximum atomic E-state index is 11.2. The molecule has 0 heterocycles. The maximum Gasteiger partial charge on any atom is 0.258 e. The Labute approximate surface area is 109 Å². The highest BCUT2D eigenvalue weighted by Gasteiger charge is 2.16. The first-order chi connectivity index (χ1) is 8.58. The van der Waals surface area contributed by atoms with Crippen LogP contribution in [-0.4, -0.2) is 18.6 Å². The Morgan fingerprint density at radius 2 is 2.17 bits per heavy atom. The average molecular weight is 250 g/mol. The number of hydrogen-bond acceptors (Lipinski definition) is 3. The quantitative estimate of drug-likeness (QED) is 0.775. The van der Waals surface area contributed by atoms with E-state index in [1.54, 1.807) is 0 Å². The van der Waals surface area contributed by atoms with E-state index < -0.39 is 12.0 Å². The van der Waals surface area contributed by atoms with Crippen molar-refractivity contribution in [2.45, 2.75) is 39.8 Å². The monoisotopic (exact) mass is 250 g/mol. The van der Waals surface area contributed by atoms with Crippen molar-refractivity contribution in [3.05, 3.63) is 29.3 Å². The van der Waals surface area contributed by atoms with Gasteiger partial charge in [-0.2, -0.15) is 0 Å². The molecular weight excluding hydrogens is 228 g/mol. The Hall–Kier alpha value is -1.55. The molecule has 0 saturated heterocycles. The fourth-order valence-corrected chi connectivity index (χ4v) is 1.72. The molecule has 1 aromatic rings. The van der Waals surface area contributed by atoms with Gasteiger partial charge in [-0.05, 0) is 26.0 Å². The van der Waals surface area contributed by atoms with Gasteiger partial charge in [-0.25, -0.2) is 0 Å². The lowest BCUT2D eigenvalue weighted by Gasteiger charge is -2.17. The summed E-state index contributed by atoms with van der Waals surface area (Å²) < 4.78 is 5.69. The summed E-state index contributed by atoms with van der Waals surface area (Å²) in [5.74, 6) is 0.305. The lowest BCUT2D eigenvalue weighted by molar-refractivity contribution is -0.124. The SMILES string of the molecule is CCNCc1cc(C)ccc1OC(CC)C(N)=O. The number of amides is 1. The van der Waals surface area contributed by atoms with Gasteiger partial charge >= 0.3 is 0 Å². The van der Waals surface area contributed by atoms with Gasteiger partial charge < -0.3 is 15.8 Å². The molecule has 1 unspecified atom stereocenters. The number of nitrogens with two attached hydrogens (primary N) is 1. The number of ether oxygens (including phenoxy) is 1. The number of primary amides is 1. The molecular formula is C14H22N2O2. The lowest BCUT2D eigenvalue weighted by Crippen LogP contribution is -2.33. The van der Waals surface area contributed by atoms with E-state index in [1.165, 1.54) is 5.56 Å². The van der Waals surface area contributed by atoms with Gasteiger partial charge in [0, 0.05) is 12.1 Å². The molecule has 1 aromatic carbocycles. The number of carbonyl (C=O) groups excluding carboxylic acids is 1. The van der Waals surface area contributed by atoms with Crippen molar-refractivity contribution < 1.29 is 9.53 Å². The van der Waals surface area contributed by atoms with Gasteiger partial charge in [0.05, 0.1) is 0 Å². The summed E-state index contributed by atoms with van der Waals surface area (Å²) in [5, 5.41) is 3.26. The van der Waals surface area contributed by atoms with Crippen molar-refractivity contribution in [1.29, 1.82) is 0 Å². The Bertz CT molecular complexity index is 405. The average Bonchev–Trinajstić information content (AvgIpc) is 2.34. The molecule has 0 aliphatic heterocycles. The Morgan fingerprint density at radius 1 is 1.44 bits per heavy atom. The Morgan fingerprint density at radius 3 is 2.72 bits per heavy atom. The van der Waals surface area contributed by atoms with Crippen molar-refractivity contribution in [2.24, 2.45) is 5.73 Å². The molecule has 18 heavy (non-hydrogen) atoms. The minimum Gasteiger partial charge on any atom is -0.480 e. The Kier molecular flexibility index (Phi) is 5.65. The first-order valence-corrected chi connectivity index (χ1v) is 6.34. The third-order valence-corrected chi connectivity index (χ3v) is 2.74. The van der Waals surface area contributed by atoms with Crippen LogP contribution in [0.1, 0.15) is 31.4 Å². The number of carbonyl (C=O) groups is 1. The Balaban J connectivity index is 2.89. The molecule has 0 bridgehead atoms. The maximum absolute atomic E-state index is 11.2. The first-order valence-electron chi connectivity index (χ1n) is 6.34. The third kappa shape index (κ3) is 4.04. The van der Waals surface area contributed by atoms with Gasteiger partial charge in [0.25, 0.3) is 5.91 Å². The predicted molar refractivity (Wildman–Crippen MR) is 72.5 cm³/mol. The fraction of sp³-hybridized carbons (Fsp3) is 0.500. The van der Waals surface area contributed by atoms with E-state index in [-0.39, 0.29) is 0 Å². The molecule has 1 rings (SSSR count). The van der Waals surface area contributed by atoms with E-state index >= 15 is 0 Å². The third-order valence-electron chi connectivity index (χ3n) is 2.74. The summed E-state index contributed by atoms with van der Waals surface area (Å²) in [7, 11) is 0. The highest BCUT2D eigenvalue weighted by atomic mass is 16.5. The van der Waals surface area contributed by atoms with Crippen molar-refractivity contribution >= 4 is 5.91 Å². The standard InChI is InChI=1S/C14H22N2O2/c1-4-12(14(15)17)18-13-7-6-10(3)8-11(13)9-16-5-2/h6-8,12,16H,4-5,9H2,1-3H3,(H2,15,17). The van der Waals surface area contributed by atoms with Crippen LogP contribution in [0.2, 0.25) is 0 Å². The molecule has 0 aliphatic rings. The summed E-state index contributed by atoms with van der Waals surface area (Å²) in [6, 6.07) is 5.93. The van der Waals surface area contributed by atoms with Crippen LogP contribution in [0.4, 0.5) is 0 Å². The van der Waals surface area contributed by atoms with Gasteiger partial charge in [0.1, 0.15) is 5.75 Å². The summed E-state index contributed by atoms with van der Waals surface area (Å²) >= 11 is 0. The number of benzene rings is 1. The summed E-state index contributed by atoms with van der Waals surface area (Å²) in [6.07, 6.45) is 0.0113. The molecule has 3 N–H and O–H groups in total. The normalized spacial score (nSPS) is 12.2. The van der Waals surface area contributed by atoms with Crippen LogP contribution in [0, 0.1) is 6.92 Å². The second-order valence-electron chi connectivity index (χ2n) is 4.31. The lowest BCUT2D eigenvalue weighted by atomic mass is 10.1. The number of nitrogens with one attached hydrogen (secondary N) is 1. The molecule has 1 atom stereocenters. The van der Waals surface area contributed by atoms with Crippen LogP contribution < -0.4 is 15.8 Å². The highest BCUT2D eigenvalue weighted by molar-refractivity contribution is 5.79. The topological polar surface area (TPSA) is 64.3 Å². The van der Waals surface area contributed by atoms with Gasteiger partial charge in [0.2, 0.25) is 0 Å². The van der Waals surface area contributed by atoms with Gasteiger partial charge in [-0.3, -0.25) is 4.79 Å². The molecule has 0 aliphatic carbocycles. The van der Waals surface area contributed by atoms with E-state index in [1.807, 2.05) is 26.0 Å². The zero-order chi connectivity index (χ0) is 13.5. The van der Waals surface area contributed by atoms with Gasteiger partial charge in [-0.1, -0.05) is 31.5 Å². The van der Waals surface area contributed by atoms with Crippen LogP contribution in [0.3, 0.4) is 0 Å². The smallest absolute Gasteiger partial charge is 0.258 e. The zero-order valence-electron chi connectivity index (χ0n) is 11.3. The summed E-state index contributed by atoms with van der Waals surface area (Å²) in [5.41, 5.74) is 7.52. The van der Waals surface area contributed by atoms with E-state index in [4.69, 9.17) is 10.5 Å². The van der Waals surface area contributed by atoms with Crippen molar-refractivity contribution in [1.82, 2.24) is 5.32 Å². The first kappa shape index (κ1) is 14.5. The van der Waals surface area contributed by atoms with Crippen molar-refractivity contribution in [3.8, 4) is 5.75 Å². The predicted octanol–water partition coefficient (Wildman–Crippen LogP) is 1.75. The number of aryl methyl sites for hydroxylation is 1. The molecule has 4 heteroatoms. The van der Waals surface area contributed by atoms with E-state index in [0.29, 0.717) is 6.42 Å². The molecule has 0 spiro atoms. The second-order valence-corrected chi connectivity index (χ2v) is 4.31. The van der Waals surface area contributed by atoms with Crippen LogP contribution >= 0.6 is 0 Å². The molecule has 4 nitrogen and oxygen atoms in total. The van der Waals surface area contributed by atoms with Crippen LogP contribution in [-0.2, 0) is 11.3 Å². The largest absolute Gasteiger partial charge is 0.480 e. The van der Waals surface area contributed by atoms with Crippen LogP contribution in [0.5, 0.6) is 5.75 Å². The van der Waals surface area contributed by atoms with Crippen LogP contribution in [0.15, 0.2) is 18.2 Å². The van der Waals surface area contributed by atoms with Gasteiger partial charge in [0.15, 0.2) is 6.10 Å². The van der Waals surface area contributed by atoms with Crippen molar-refractivity contribution in [3.63, 3.8) is 0 Å². The van der Waals surface area contributed by atoms with Gasteiger partial charge in [-0.15, -0.1) is 0 Å². The van der Waals surface area contributed by atoms with E-state index in [9.17, 15) is 4.79 Å². The second kappa shape index (κ2) is 7.01. The van der Waals surface area contributed by atoms with E-state index in [2.05, 4.69) is 18.3 Å². The molecule has 0 aromatic heterocycles. The minimum absolute atomic E-state index is 0.424. The molecule has 0 radical (unpaired) electrons. The zero-order valence-corrected chi connectivity index (χ0v) is 11.3. The minimum atomic E-state index is -0.562. The molecule has 1 amide bonds. The van der Waals surface area contributed by atoms with Crippen LogP contribution in [0.25, 0.3) is 0 Å². The number of rotatable bonds is 7. The number of hydrogen-bond donors (Lipinski definition) is 2. The highest BCUT2D eigenvalue weighted by Crippen LogP contribution is 2.21. The van der Waals surface area contributed by atoms with E-state index in [0.717, 1.165) is 24.4 Å². The summed E-state index contributed by atoms with van der Waals surface area (Å²) in [4.78, 5) is 11.2. The van der Waals surface area contributed by atoms with Crippen molar-refractivity contribution in [2.75, 3.05) is 6.54 Å². The molecule has 100 valence electrons. The molecule has 0 fully saturated rings.